The summed E-state index contributed by atoms with van der Waals surface area (Å²) in [6.07, 6.45) is 4.81. The van der Waals surface area contributed by atoms with E-state index in [1.54, 1.807) is 16.4 Å². The van der Waals surface area contributed by atoms with Crippen molar-refractivity contribution in [3.63, 3.8) is 0 Å². The number of nitrogens with zero attached hydrogens (tertiary/aromatic N) is 1. The minimum absolute atomic E-state index is 0.0834. The van der Waals surface area contributed by atoms with Crippen LogP contribution in [0.4, 0.5) is 0 Å². The van der Waals surface area contributed by atoms with E-state index in [1.807, 2.05) is 50.2 Å². The predicted octanol–water partition coefficient (Wildman–Crippen LogP) is 4.67. The van der Waals surface area contributed by atoms with Crippen LogP contribution in [-0.2, 0) is 16.6 Å². The van der Waals surface area contributed by atoms with Crippen molar-refractivity contribution in [2.45, 2.75) is 63.4 Å². The van der Waals surface area contributed by atoms with Crippen LogP contribution in [0.5, 0.6) is 0 Å². The molecule has 158 valence electrons. The van der Waals surface area contributed by atoms with E-state index in [-0.39, 0.29) is 23.0 Å². The maximum Gasteiger partial charge on any atom is 0.252 e. The van der Waals surface area contributed by atoms with Gasteiger partial charge in [-0.3, -0.25) is 4.79 Å². The second-order valence-electron chi connectivity index (χ2n) is 8.32. The van der Waals surface area contributed by atoms with Gasteiger partial charge in [-0.05, 0) is 55.8 Å². The number of H-pyrrole nitrogens is 1. The lowest BCUT2D eigenvalue weighted by atomic mass is 9.95. The third kappa shape index (κ3) is 4.07. The average Bonchev–Trinajstić information content (AvgIpc) is 2.74. The Morgan fingerprint density at radius 1 is 1.00 bits per heavy atom. The SMILES string of the molecule is Cc1ccc(S(=O)(=O)N(Cc2cc3cccc(C)c3[nH]c2=O)C2CCCCC2)cc1. The Morgan fingerprint density at radius 3 is 2.40 bits per heavy atom. The molecule has 1 N–H and O–H groups in total. The first-order valence-electron chi connectivity index (χ1n) is 10.6. The zero-order valence-corrected chi connectivity index (χ0v) is 18.3. The normalized spacial score (nSPS) is 15.7. The molecule has 0 aliphatic heterocycles. The molecule has 6 heteroatoms. The van der Waals surface area contributed by atoms with Crippen LogP contribution in [0.2, 0.25) is 0 Å². The van der Waals surface area contributed by atoms with Crippen LogP contribution in [0.3, 0.4) is 0 Å². The van der Waals surface area contributed by atoms with Gasteiger partial charge in [-0.25, -0.2) is 8.42 Å². The fourth-order valence-corrected chi connectivity index (χ4v) is 6.00. The van der Waals surface area contributed by atoms with Crippen LogP contribution in [-0.4, -0.2) is 23.7 Å². The highest BCUT2D eigenvalue weighted by Gasteiger charge is 2.33. The summed E-state index contributed by atoms with van der Waals surface area (Å²) in [5.74, 6) is 0. The van der Waals surface area contributed by atoms with E-state index in [0.29, 0.717) is 5.56 Å². The molecule has 5 nitrogen and oxygen atoms in total. The van der Waals surface area contributed by atoms with Gasteiger partial charge in [0, 0.05) is 18.2 Å². The number of benzene rings is 2. The minimum Gasteiger partial charge on any atom is -0.321 e. The molecule has 0 amide bonds. The lowest BCUT2D eigenvalue weighted by Gasteiger charge is -2.33. The number of hydrogen-bond acceptors (Lipinski definition) is 3. The van der Waals surface area contributed by atoms with E-state index in [0.717, 1.165) is 54.1 Å². The summed E-state index contributed by atoms with van der Waals surface area (Å²) in [6, 6.07) is 14.6. The van der Waals surface area contributed by atoms with Crippen molar-refractivity contribution in [1.82, 2.24) is 9.29 Å². The number of para-hydroxylation sites is 1. The van der Waals surface area contributed by atoms with Gasteiger partial charge in [0.05, 0.1) is 10.4 Å². The summed E-state index contributed by atoms with van der Waals surface area (Å²) < 4.78 is 28.7. The highest BCUT2D eigenvalue weighted by molar-refractivity contribution is 7.89. The van der Waals surface area contributed by atoms with Gasteiger partial charge >= 0.3 is 0 Å². The van der Waals surface area contributed by atoms with Crippen molar-refractivity contribution in [1.29, 1.82) is 0 Å². The summed E-state index contributed by atoms with van der Waals surface area (Å²) in [7, 11) is -3.71. The van der Waals surface area contributed by atoms with Gasteiger partial charge in [0.2, 0.25) is 10.0 Å². The van der Waals surface area contributed by atoms with E-state index in [2.05, 4.69) is 4.98 Å². The van der Waals surface area contributed by atoms with Crippen molar-refractivity contribution >= 4 is 20.9 Å². The summed E-state index contributed by atoms with van der Waals surface area (Å²) in [4.78, 5) is 16.1. The predicted molar refractivity (Wildman–Crippen MR) is 120 cm³/mol. The van der Waals surface area contributed by atoms with Gasteiger partial charge in [0.15, 0.2) is 0 Å². The lowest BCUT2D eigenvalue weighted by Crippen LogP contribution is -2.42. The number of aromatic amines is 1. The number of aromatic nitrogens is 1. The Hall–Kier alpha value is -2.44. The number of fused-ring (bicyclic) bond motifs is 1. The molecule has 1 saturated carbocycles. The van der Waals surface area contributed by atoms with Crippen LogP contribution < -0.4 is 5.56 Å². The molecule has 1 aromatic heterocycles. The van der Waals surface area contributed by atoms with Crippen molar-refractivity contribution in [3.8, 4) is 0 Å². The van der Waals surface area contributed by atoms with Crippen molar-refractivity contribution in [2.75, 3.05) is 0 Å². The fraction of sp³-hybridized carbons (Fsp3) is 0.375. The molecule has 0 spiro atoms. The third-order valence-corrected chi connectivity index (χ3v) is 8.01. The molecule has 4 rings (SSSR count). The quantitative estimate of drug-likeness (QED) is 0.647. The molecule has 0 bridgehead atoms. The second-order valence-corrected chi connectivity index (χ2v) is 10.2. The van der Waals surface area contributed by atoms with Crippen LogP contribution in [0, 0.1) is 13.8 Å². The standard InChI is InChI=1S/C24H28N2O3S/c1-17-11-13-22(14-12-17)30(28,29)26(21-9-4-3-5-10-21)16-20-15-19-8-6-7-18(2)23(19)25-24(20)27/h6-8,11-15,21H,3-5,9-10,16H2,1-2H3,(H,25,27). The highest BCUT2D eigenvalue weighted by atomic mass is 32.2. The van der Waals surface area contributed by atoms with Crippen LogP contribution in [0.25, 0.3) is 10.9 Å². The fourth-order valence-electron chi connectivity index (χ4n) is 4.34. The first-order chi connectivity index (χ1) is 14.4. The van der Waals surface area contributed by atoms with E-state index in [9.17, 15) is 13.2 Å². The first-order valence-corrected chi connectivity index (χ1v) is 12.0. The highest BCUT2D eigenvalue weighted by Crippen LogP contribution is 2.29. The van der Waals surface area contributed by atoms with Gasteiger partial charge in [-0.15, -0.1) is 0 Å². The number of pyridine rings is 1. The molecular weight excluding hydrogens is 396 g/mol. The van der Waals surface area contributed by atoms with Gasteiger partial charge in [-0.2, -0.15) is 4.31 Å². The monoisotopic (exact) mass is 424 g/mol. The Morgan fingerprint density at radius 2 is 1.70 bits per heavy atom. The van der Waals surface area contributed by atoms with Gasteiger partial charge in [-0.1, -0.05) is 55.2 Å². The lowest BCUT2D eigenvalue weighted by molar-refractivity contribution is 0.247. The van der Waals surface area contributed by atoms with Crippen molar-refractivity contribution < 1.29 is 8.42 Å². The molecule has 0 radical (unpaired) electrons. The van der Waals surface area contributed by atoms with Crippen LogP contribution in [0.1, 0.15) is 48.8 Å². The second kappa shape index (κ2) is 8.36. The third-order valence-electron chi connectivity index (χ3n) is 6.10. The van der Waals surface area contributed by atoms with E-state index < -0.39 is 10.0 Å². The molecular formula is C24H28N2O3S. The van der Waals surface area contributed by atoms with E-state index in [1.165, 1.54) is 0 Å². The smallest absolute Gasteiger partial charge is 0.252 e. The molecule has 1 aliphatic carbocycles. The average molecular weight is 425 g/mol. The molecule has 2 aromatic carbocycles. The number of sulfonamides is 1. The molecule has 30 heavy (non-hydrogen) atoms. The maximum absolute atomic E-state index is 13.6. The molecule has 3 aromatic rings. The van der Waals surface area contributed by atoms with Crippen molar-refractivity contribution in [2.24, 2.45) is 0 Å². The summed E-state index contributed by atoms with van der Waals surface area (Å²) in [5.41, 5.74) is 3.06. The molecule has 1 fully saturated rings. The Balaban J connectivity index is 1.77. The van der Waals surface area contributed by atoms with Gasteiger partial charge < -0.3 is 4.98 Å². The molecule has 0 atom stereocenters. The summed E-state index contributed by atoms with van der Waals surface area (Å²) >= 11 is 0. The Bertz CT molecular complexity index is 1210. The van der Waals surface area contributed by atoms with E-state index >= 15 is 0 Å². The van der Waals surface area contributed by atoms with Crippen molar-refractivity contribution in [3.05, 3.63) is 75.6 Å². The number of aryl methyl sites for hydroxylation is 2. The zero-order chi connectivity index (χ0) is 21.3. The number of rotatable bonds is 5. The minimum atomic E-state index is -3.71. The van der Waals surface area contributed by atoms with Crippen LogP contribution >= 0.6 is 0 Å². The Kier molecular flexibility index (Phi) is 5.80. The Labute approximate surface area is 177 Å². The maximum atomic E-state index is 13.6. The molecule has 1 aliphatic rings. The molecule has 0 saturated heterocycles. The zero-order valence-electron chi connectivity index (χ0n) is 17.5. The van der Waals surface area contributed by atoms with Gasteiger partial charge in [0.1, 0.15) is 0 Å². The summed E-state index contributed by atoms with van der Waals surface area (Å²) in [5, 5.41) is 0.918. The first kappa shape index (κ1) is 20.8. The molecule has 1 heterocycles. The van der Waals surface area contributed by atoms with Crippen LogP contribution in [0.15, 0.2) is 58.2 Å². The summed E-state index contributed by atoms with van der Waals surface area (Å²) in [6.45, 7) is 3.97. The number of nitrogens with one attached hydrogen (secondary N) is 1. The molecule has 0 unspecified atom stereocenters. The largest absolute Gasteiger partial charge is 0.321 e. The van der Waals surface area contributed by atoms with E-state index in [4.69, 9.17) is 0 Å². The number of hydrogen-bond donors (Lipinski definition) is 1. The van der Waals surface area contributed by atoms with Gasteiger partial charge in [0.25, 0.3) is 5.56 Å². The topological polar surface area (TPSA) is 70.2 Å².